The highest BCUT2D eigenvalue weighted by Gasteiger charge is 2.26. The van der Waals surface area contributed by atoms with Gasteiger partial charge in [-0.05, 0) is 36.5 Å². The van der Waals surface area contributed by atoms with E-state index in [0.717, 1.165) is 18.6 Å². The average molecular weight is 215 g/mol. The van der Waals surface area contributed by atoms with E-state index in [0.29, 0.717) is 5.92 Å². The quantitative estimate of drug-likeness (QED) is 0.756. The van der Waals surface area contributed by atoms with Crippen LogP contribution in [0, 0.1) is 17.2 Å². The Labute approximate surface area is 96.9 Å². The molecule has 0 spiro atoms. The molecule has 1 aromatic rings. The van der Waals surface area contributed by atoms with Crippen molar-refractivity contribution in [1.82, 2.24) is 0 Å². The number of rotatable bonds is 2. The van der Waals surface area contributed by atoms with Gasteiger partial charge in [-0.3, -0.25) is 0 Å². The third-order valence-corrected chi connectivity index (χ3v) is 3.48. The average Bonchev–Trinajstić information content (AvgIpc) is 2.39. The summed E-state index contributed by atoms with van der Waals surface area (Å²) in [4.78, 5) is 0. The Morgan fingerprint density at radius 3 is 2.50 bits per heavy atom. The predicted octanol–water partition coefficient (Wildman–Crippen LogP) is 3.49. The summed E-state index contributed by atoms with van der Waals surface area (Å²) in [6.45, 7) is 0. The van der Waals surface area contributed by atoms with Crippen molar-refractivity contribution in [2.24, 2.45) is 5.92 Å². The van der Waals surface area contributed by atoms with Crippen LogP contribution >= 0.6 is 0 Å². The second kappa shape index (κ2) is 5.03. The van der Waals surface area contributed by atoms with Gasteiger partial charge < -0.3 is 4.74 Å². The summed E-state index contributed by atoms with van der Waals surface area (Å²) in [6.07, 6.45) is 4.64. The Morgan fingerprint density at radius 2 is 1.88 bits per heavy atom. The van der Waals surface area contributed by atoms with Crippen LogP contribution in [0.5, 0.6) is 5.75 Å². The molecule has 0 aromatic heterocycles. The maximum absolute atomic E-state index is 9.15. The van der Waals surface area contributed by atoms with Gasteiger partial charge in [0, 0.05) is 0 Å². The summed E-state index contributed by atoms with van der Waals surface area (Å²) in [5.41, 5.74) is 1.28. The standard InChI is InChI=1S/C14H17NO/c1-16-13-8-6-11(7-9-13)14-5-3-2-4-12(14)10-15/h6-9,12,14H,2-5H2,1H3. The van der Waals surface area contributed by atoms with E-state index in [1.807, 2.05) is 12.1 Å². The monoisotopic (exact) mass is 215 g/mol. The summed E-state index contributed by atoms with van der Waals surface area (Å²) >= 11 is 0. The Hall–Kier alpha value is -1.49. The van der Waals surface area contributed by atoms with Gasteiger partial charge in [-0.25, -0.2) is 0 Å². The highest BCUT2D eigenvalue weighted by atomic mass is 16.5. The van der Waals surface area contributed by atoms with Crippen LogP contribution in [0.2, 0.25) is 0 Å². The van der Waals surface area contributed by atoms with Gasteiger partial charge in [0.25, 0.3) is 0 Å². The zero-order valence-corrected chi connectivity index (χ0v) is 9.65. The second-order valence-corrected chi connectivity index (χ2v) is 4.40. The number of nitrogens with zero attached hydrogens (tertiary/aromatic N) is 1. The van der Waals surface area contributed by atoms with Gasteiger partial charge in [0.1, 0.15) is 5.75 Å². The van der Waals surface area contributed by atoms with Crippen LogP contribution in [-0.2, 0) is 0 Å². The summed E-state index contributed by atoms with van der Waals surface area (Å²) in [7, 11) is 1.67. The van der Waals surface area contributed by atoms with Gasteiger partial charge in [0.2, 0.25) is 0 Å². The van der Waals surface area contributed by atoms with Crippen molar-refractivity contribution in [1.29, 1.82) is 5.26 Å². The fourth-order valence-electron chi connectivity index (χ4n) is 2.54. The lowest BCUT2D eigenvalue weighted by molar-refractivity contribution is 0.368. The molecule has 1 aliphatic carbocycles. The van der Waals surface area contributed by atoms with Crippen LogP contribution in [-0.4, -0.2) is 7.11 Å². The van der Waals surface area contributed by atoms with E-state index in [-0.39, 0.29) is 5.92 Å². The summed E-state index contributed by atoms with van der Waals surface area (Å²) in [5, 5.41) is 9.15. The number of nitriles is 1. The van der Waals surface area contributed by atoms with Gasteiger partial charge in [0.05, 0.1) is 19.1 Å². The molecule has 16 heavy (non-hydrogen) atoms. The van der Waals surface area contributed by atoms with E-state index >= 15 is 0 Å². The lowest BCUT2D eigenvalue weighted by Gasteiger charge is -2.27. The van der Waals surface area contributed by atoms with Crippen LogP contribution in [0.3, 0.4) is 0 Å². The van der Waals surface area contributed by atoms with Gasteiger partial charge in [-0.15, -0.1) is 0 Å². The molecule has 0 amide bonds. The number of methoxy groups -OCH3 is 1. The van der Waals surface area contributed by atoms with Gasteiger partial charge in [0.15, 0.2) is 0 Å². The van der Waals surface area contributed by atoms with Gasteiger partial charge >= 0.3 is 0 Å². The fraction of sp³-hybridized carbons (Fsp3) is 0.500. The summed E-state index contributed by atoms with van der Waals surface area (Å²) < 4.78 is 5.14. The topological polar surface area (TPSA) is 33.0 Å². The Kier molecular flexibility index (Phi) is 3.46. The Bertz CT molecular complexity index is 377. The minimum absolute atomic E-state index is 0.196. The number of benzene rings is 1. The molecule has 2 rings (SSSR count). The van der Waals surface area contributed by atoms with E-state index < -0.39 is 0 Å². The summed E-state index contributed by atoms with van der Waals surface area (Å²) in [5.74, 6) is 1.50. The molecule has 1 aromatic carbocycles. The zero-order valence-electron chi connectivity index (χ0n) is 9.65. The molecule has 0 radical (unpaired) electrons. The number of ether oxygens (including phenoxy) is 1. The first kappa shape index (κ1) is 11.0. The zero-order chi connectivity index (χ0) is 11.4. The van der Waals surface area contributed by atoms with Crippen molar-refractivity contribution >= 4 is 0 Å². The molecule has 2 atom stereocenters. The second-order valence-electron chi connectivity index (χ2n) is 4.40. The minimum atomic E-state index is 0.196. The van der Waals surface area contributed by atoms with E-state index in [1.165, 1.54) is 18.4 Å². The van der Waals surface area contributed by atoms with Crippen LogP contribution in [0.15, 0.2) is 24.3 Å². The fourth-order valence-corrected chi connectivity index (χ4v) is 2.54. The number of hydrogen-bond donors (Lipinski definition) is 0. The van der Waals surface area contributed by atoms with Crippen LogP contribution in [0.1, 0.15) is 37.2 Å². The molecule has 2 unspecified atom stereocenters. The first-order chi connectivity index (χ1) is 7.85. The molecule has 0 saturated heterocycles. The van der Waals surface area contributed by atoms with Crippen molar-refractivity contribution < 1.29 is 4.74 Å². The lowest BCUT2D eigenvalue weighted by atomic mass is 9.76. The molecule has 0 aliphatic heterocycles. The van der Waals surface area contributed by atoms with Crippen molar-refractivity contribution in [3.63, 3.8) is 0 Å². The molecule has 2 heteroatoms. The molecule has 1 fully saturated rings. The van der Waals surface area contributed by atoms with Crippen molar-refractivity contribution in [3.8, 4) is 11.8 Å². The Balaban J connectivity index is 2.18. The summed E-state index contributed by atoms with van der Waals surface area (Å²) in [6, 6.07) is 10.6. The molecular weight excluding hydrogens is 198 g/mol. The predicted molar refractivity (Wildman–Crippen MR) is 63.3 cm³/mol. The van der Waals surface area contributed by atoms with Crippen molar-refractivity contribution in [2.75, 3.05) is 7.11 Å². The minimum Gasteiger partial charge on any atom is -0.497 e. The molecular formula is C14H17NO. The largest absolute Gasteiger partial charge is 0.497 e. The SMILES string of the molecule is COc1ccc(C2CCCCC2C#N)cc1. The third kappa shape index (κ3) is 2.19. The molecule has 1 saturated carbocycles. The van der Waals surface area contributed by atoms with Crippen molar-refractivity contribution in [3.05, 3.63) is 29.8 Å². The normalized spacial score (nSPS) is 24.8. The number of hydrogen-bond acceptors (Lipinski definition) is 2. The maximum Gasteiger partial charge on any atom is 0.118 e. The molecule has 1 aliphatic rings. The van der Waals surface area contributed by atoms with Crippen molar-refractivity contribution in [2.45, 2.75) is 31.6 Å². The molecule has 84 valence electrons. The molecule has 2 nitrogen and oxygen atoms in total. The Morgan fingerprint density at radius 1 is 1.19 bits per heavy atom. The molecule has 0 bridgehead atoms. The van der Waals surface area contributed by atoms with E-state index in [2.05, 4.69) is 18.2 Å². The first-order valence-corrected chi connectivity index (χ1v) is 5.88. The highest BCUT2D eigenvalue weighted by Crippen LogP contribution is 2.37. The lowest BCUT2D eigenvalue weighted by Crippen LogP contribution is -2.16. The third-order valence-electron chi connectivity index (χ3n) is 3.48. The van der Waals surface area contributed by atoms with E-state index in [9.17, 15) is 0 Å². The molecule has 0 heterocycles. The van der Waals surface area contributed by atoms with Gasteiger partial charge in [-0.2, -0.15) is 5.26 Å². The van der Waals surface area contributed by atoms with Gasteiger partial charge in [-0.1, -0.05) is 25.0 Å². The van der Waals surface area contributed by atoms with Crippen LogP contribution in [0.4, 0.5) is 0 Å². The highest BCUT2D eigenvalue weighted by molar-refractivity contribution is 5.30. The maximum atomic E-state index is 9.15. The van der Waals surface area contributed by atoms with Crippen LogP contribution in [0.25, 0.3) is 0 Å². The van der Waals surface area contributed by atoms with E-state index in [1.54, 1.807) is 7.11 Å². The van der Waals surface area contributed by atoms with Crippen LogP contribution < -0.4 is 4.74 Å². The van der Waals surface area contributed by atoms with E-state index in [4.69, 9.17) is 10.00 Å². The smallest absolute Gasteiger partial charge is 0.118 e. The molecule has 0 N–H and O–H groups in total. The first-order valence-electron chi connectivity index (χ1n) is 5.88.